The number of hydrogen-bond donors (Lipinski definition) is 0. The molecule has 0 spiro atoms. The Morgan fingerprint density at radius 2 is 1.39 bits per heavy atom. The van der Waals surface area contributed by atoms with Gasteiger partial charge in [0.15, 0.2) is 0 Å². The lowest BCUT2D eigenvalue weighted by molar-refractivity contribution is -0.376. The summed E-state index contributed by atoms with van der Waals surface area (Å²) in [5.74, 6) is 0. The summed E-state index contributed by atoms with van der Waals surface area (Å²) in [4.78, 5) is 11.7. The van der Waals surface area contributed by atoms with Crippen molar-refractivity contribution in [2.75, 3.05) is 0 Å². The smallest absolute Gasteiger partial charge is 0.432 e. The molecule has 192 valence electrons. The molecule has 33 heavy (non-hydrogen) atoms. The molecule has 0 amide bonds. The summed E-state index contributed by atoms with van der Waals surface area (Å²) in [6.45, 7) is 6.78. The fraction of sp³-hybridized carbons (Fsp3) is 0.650. The summed E-state index contributed by atoms with van der Waals surface area (Å²) in [5, 5.41) is -1.41. The highest BCUT2D eigenvalue weighted by Gasteiger charge is 2.75. The van der Waals surface area contributed by atoms with Gasteiger partial charge in [-0.25, -0.2) is 4.79 Å². The van der Waals surface area contributed by atoms with Crippen molar-refractivity contribution in [3.8, 4) is 0 Å². The van der Waals surface area contributed by atoms with E-state index in [1.807, 2.05) is 0 Å². The lowest BCUT2D eigenvalue weighted by atomic mass is 9.79. The summed E-state index contributed by atoms with van der Waals surface area (Å²) >= 11 is 0. The van der Waals surface area contributed by atoms with Crippen LogP contribution in [0.25, 0.3) is 0 Å². The van der Waals surface area contributed by atoms with Crippen LogP contribution in [0.3, 0.4) is 0 Å². The normalized spacial score (nSPS) is 14.8. The van der Waals surface area contributed by atoms with Gasteiger partial charge in [0.1, 0.15) is 0 Å². The fourth-order valence-electron chi connectivity index (χ4n) is 3.29. The summed E-state index contributed by atoms with van der Waals surface area (Å²) in [6, 6.07) is 2.78. The van der Waals surface area contributed by atoms with Gasteiger partial charge in [0, 0.05) is 6.99 Å². The molecule has 0 aromatic heterocycles. The van der Waals surface area contributed by atoms with Crippen LogP contribution in [-0.4, -0.2) is 38.3 Å². The van der Waals surface area contributed by atoms with Gasteiger partial charge in [0.25, 0.3) is 0 Å². The number of carbonyl (C=O) groups excluding carboxylic acids is 1. The van der Waals surface area contributed by atoms with Crippen LogP contribution in [0.1, 0.15) is 60.0 Å². The summed E-state index contributed by atoms with van der Waals surface area (Å²) in [5.41, 5.74) is -7.43. The van der Waals surface area contributed by atoms with Crippen LogP contribution < -0.4 is 0 Å². The van der Waals surface area contributed by atoms with Crippen molar-refractivity contribution in [1.29, 1.82) is 0 Å². The first-order valence-corrected chi connectivity index (χ1v) is 11.2. The van der Waals surface area contributed by atoms with E-state index in [1.54, 1.807) is 0 Å². The molecule has 0 saturated carbocycles. The van der Waals surface area contributed by atoms with Crippen molar-refractivity contribution in [1.82, 2.24) is 0 Å². The average Bonchev–Trinajstić information content (AvgIpc) is 2.60. The quantitative estimate of drug-likeness (QED) is 0.224. The van der Waals surface area contributed by atoms with Crippen molar-refractivity contribution >= 4 is 16.4 Å². The van der Waals surface area contributed by atoms with E-state index in [1.165, 1.54) is 34.6 Å². The Balaban J connectivity index is 0.0000109. The molecule has 0 N–H and O–H groups in total. The molecular weight excluding hydrogens is 485 g/mol. The predicted molar refractivity (Wildman–Crippen MR) is 107 cm³/mol. The van der Waals surface area contributed by atoms with Crippen LogP contribution in [0.5, 0.6) is 0 Å². The van der Waals surface area contributed by atoms with Crippen molar-refractivity contribution in [3.63, 3.8) is 0 Å². The second-order valence-electron chi connectivity index (χ2n) is 8.37. The monoisotopic (exact) mass is 512 g/mol. The number of halogens is 7. The van der Waals surface area contributed by atoms with Crippen molar-refractivity contribution in [2.24, 2.45) is 0 Å². The number of hydrogen-bond acceptors (Lipinski definition) is 5. The summed E-state index contributed by atoms with van der Waals surface area (Å²) < 4.78 is 127. The largest absolute Gasteiger partial charge is 0.510 e. The molecule has 1 unspecified atom stereocenters. The average molecular weight is 512 g/mol. The standard InChI is InChI=1S/C20H25F7O5S.H2/c1-6-15(33(27,29)30)11-17(4,5)13-7-9-14(10-8-13)18(19(21,22)23,20(24,25)26)32-16(28)31-12(2)3;/h7-10,12,15H,6,11H2,1-5H3;1H. The van der Waals surface area contributed by atoms with E-state index in [2.05, 4.69) is 9.47 Å². The number of alkyl halides is 6. The molecule has 1 atom stereocenters. The van der Waals surface area contributed by atoms with Crippen LogP contribution in [-0.2, 0) is 30.7 Å². The highest BCUT2D eigenvalue weighted by Crippen LogP contribution is 2.53. The Morgan fingerprint density at radius 3 is 1.73 bits per heavy atom. The van der Waals surface area contributed by atoms with E-state index in [0.29, 0.717) is 12.1 Å². The molecule has 0 fully saturated rings. The lowest BCUT2D eigenvalue weighted by Gasteiger charge is -2.37. The van der Waals surface area contributed by atoms with E-state index < -0.39 is 56.7 Å². The van der Waals surface area contributed by atoms with Gasteiger partial charge < -0.3 is 9.47 Å². The van der Waals surface area contributed by atoms with Crippen LogP contribution in [0.2, 0.25) is 0 Å². The number of carbonyl (C=O) groups is 1. The Kier molecular flexibility index (Phi) is 8.49. The highest BCUT2D eigenvalue weighted by molar-refractivity contribution is 7.87. The van der Waals surface area contributed by atoms with Gasteiger partial charge in [-0.05, 0) is 37.7 Å². The Bertz CT molecular complexity index is 912. The molecule has 0 aliphatic carbocycles. The van der Waals surface area contributed by atoms with Crippen molar-refractivity contribution < 1.29 is 54.3 Å². The third kappa shape index (κ3) is 6.51. The Hall–Kier alpha value is -2.05. The van der Waals surface area contributed by atoms with Crippen LogP contribution in [0, 0.1) is 0 Å². The number of rotatable bonds is 8. The molecule has 1 rings (SSSR count). The Labute approximate surface area is 188 Å². The van der Waals surface area contributed by atoms with Gasteiger partial charge in [0.2, 0.25) is 0 Å². The molecule has 5 nitrogen and oxygen atoms in total. The maximum Gasteiger partial charge on any atom is 0.510 e. The zero-order valence-electron chi connectivity index (χ0n) is 18.5. The van der Waals surface area contributed by atoms with Crippen LogP contribution in [0.4, 0.5) is 35.0 Å². The molecule has 13 heteroatoms. The number of benzene rings is 1. The van der Waals surface area contributed by atoms with E-state index in [0.717, 1.165) is 12.1 Å². The van der Waals surface area contributed by atoms with E-state index in [-0.39, 0.29) is 19.8 Å². The van der Waals surface area contributed by atoms with Gasteiger partial charge in [0.05, 0.1) is 11.4 Å². The second kappa shape index (κ2) is 9.67. The first-order valence-electron chi connectivity index (χ1n) is 9.76. The summed E-state index contributed by atoms with van der Waals surface area (Å²) in [6.07, 6.45) is -15.8. The molecule has 1 aromatic carbocycles. The third-order valence-electron chi connectivity index (χ3n) is 5.03. The van der Waals surface area contributed by atoms with E-state index in [4.69, 9.17) is 0 Å². The maximum atomic E-state index is 13.8. The van der Waals surface area contributed by atoms with Gasteiger partial charge in [-0.15, -0.1) is 3.89 Å². The zero-order chi connectivity index (χ0) is 26.0. The molecular formula is C20H27F7O5S. The molecule has 0 bridgehead atoms. The minimum Gasteiger partial charge on any atom is -0.432 e. The molecule has 0 heterocycles. The van der Waals surface area contributed by atoms with E-state index >= 15 is 0 Å². The van der Waals surface area contributed by atoms with Gasteiger partial charge >= 0.3 is 34.3 Å². The van der Waals surface area contributed by atoms with Gasteiger partial charge in [-0.3, -0.25) is 0 Å². The number of ether oxygens (including phenoxy) is 2. The maximum absolute atomic E-state index is 13.8. The van der Waals surface area contributed by atoms with Crippen LogP contribution in [0.15, 0.2) is 24.3 Å². The molecule has 0 radical (unpaired) electrons. The van der Waals surface area contributed by atoms with Gasteiger partial charge in [-0.1, -0.05) is 45.0 Å². The first kappa shape index (κ1) is 29.0. The topological polar surface area (TPSA) is 69.7 Å². The van der Waals surface area contributed by atoms with Crippen molar-refractivity contribution in [3.05, 3.63) is 35.4 Å². The zero-order valence-corrected chi connectivity index (χ0v) is 19.3. The Morgan fingerprint density at radius 1 is 0.970 bits per heavy atom. The minimum atomic E-state index is -6.10. The SMILES string of the molecule is CCC(CC(C)(C)c1ccc(C(OC(=O)OC(C)C)(C(F)(F)F)C(F)(F)F)cc1)S(=O)(=O)F.[HH]. The minimum absolute atomic E-state index is 0. The first-order chi connectivity index (χ1) is 14.7. The van der Waals surface area contributed by atoms with E-state index in [9.17, 15) is 43.4 Å². The third-order valence-corrected chi connectivity index (χ3v) is 6.33. The van der Waals surface area contributed by atoms with Crippen LogP contribution >= 0.6 is 0 Å². The van der Waals surface area contributed by atoms with Crippen molar-refractivity contribution in [2.45, 2.75) is 82.2 Å². The summed E-state index contributed by atoms with van der Waals surface area (Å²) in [7, 11) is -4.92. The highest BCUT2D eigenvalue weighted by atomic mass is 32.3. The predicted octanol–water partition coefficient (Wildman–Crippen LogP) is 6.56. The van der Waals surface area contributed by atoms with Gasteiger partial charge in [-0.2, -0.15) is 34.8 Å². The molecule has 1 aromatic rings. The lowest BCUT2D eigenvalue weighted by Crippen LogP contribution is -2.57. The molecule has 0 aliphatic rings. The molecule has 0 saturated heterocycles. The molecule has 0 aliphatic heterocycles. The fourth-order valence-corrected chi connectivity index (χ4v) is 4.30. The second-order valence-corrected chi connectivity index (χ2v) is 9.98.